The van der Waals surface area contributed by atoms with E-state index in [-0.39, 0.29) is 11.9 Å². The lowest BCUT2D eigenvalue weighted by Crippen LogP contribution is -2.41. The molecule has 0 saturated carbocycles. The fourth-order valence-electron chi connectivity index (χ4n) is 2.64. The molecule has 0 spiro atoms. The Hall–Kier alpha value is -2.24. The maximum absolute atomic E-state index is 12.6. The Kier molecular flexibility index (Phi) is 5.36. The molecule has 0 aliphatic carbocycles. The number of anilines is 1. The van der Waals surface area contributed by atoms with E-state index < -0.39 is 11.7 Å². The van der Waals surface area contributed by atoms with Gasteiger partial charge in [-0.1, -0.05) is 6.07 Å². The molecule has 1 heterocycles. The summed E-state index contributed by atoms with van der Waals surface area (Å²) in [5, 5.41) is 2.84. The van der Waals surface area contributed by atoms with Gasteiger partial charge in [0.15, 0.2) is 0 Å². The van der Waals surface area contributed by atoms with Crippen molar-refractivity contribution < 1.29 is 14.3 Å². The predicted molar refractivity (Wildman–Crippen MR) is 94.4 cm³/mol. The first-order valence-corrected chi connectivity index (χ1v) is 8.22. The molecule has 1 fully saturated rings. The van der Waals surface area contributed by atoms with Gasteiger partial charge in [-0.2, -0.15) is 0 Å². The summed E-state index contributed by atoms with van der Waals surface area (Å²) < 4.78 is 5.26. The number of ether oxygens (including phenoxy) is 1. The lowest BCUT2D eigenvalue weighted by molar-refractivity contribution is 0.0502. The number of amides is 2. The van der Waals surface area contributed by atoms with Crippen LogP contribution in [0.1, 0.15) is 37.6 Å². The Balaban J connectivity index is 1.94. The van der Waals surface area contributed by atoms with Gasteiger partial charge in [0.1, 0.15) is 5.60 Å². The van der Waals surface area contributed by atoms with E-state index in [0.29, 0.717) is 18.7 Å². The highest BCUT2D eigenvalue weighted by Crippen LogP contribution is 2.18. The quantitative estimate of drug-likeness (QED) is 0.923. The van der Waals surface area contributed by atoms with Crippen molar-refractivity contribution in [2.75, 3.05) is 32.1 Å². The summed E-state index contributed by atoms with van der Waals surface area (Å²) in [4.78, 5) is 28.2. The maximum atomic E-state index is 12.6. The van der Waals surface area contributed by atoms with Crippen molar-refractivity contribution in [1.29, 1.82) is 0 Å². The van der Waals surface area contributed by atoms with Crippen molar-refractivity contribution >= 4 is 17.7 Å². The van der Waals surface area contributed by atoms with Gasteiger partial charge in [0.25, 0.3) is 5.91 Å². The second-order valence-corrected chi connectivity index (χ2v) is 7.33. The highest BCUT2D eigenvalue weighted by molar-refractivity contribution is 5.95. The zero-order chi connectivity index (χ0) is 17.9. The van der Waals surface area contributed by atoms with Crippen LogP contribution in [-0.4, -0.2) is 55.7 Å². The van der Waals surface area contributed by atoms with E-state index in [0.717, 1.165) is 12.1 Å². The van der Waals surface area contributed by atoms with Crippen molar-refractivity contribution in [3.05, 3.63) is 29.8 Å². The van der Waals surface area contributed by atoms with Crippen molar-refractivity contribution in [3.63, 3.8) is 0 Å². The Morgan fingerprint density at radius 1 is 1.29 bits per heavy atom. The zero-order valence-electron chi connectivity index (χ0n) is 15.1. The van der Waals surface area contributed by atoms with Gasteiger partial charge in [0.05, 0.1) is 6.04 Å². The van der Waals surface area contributed by atoms with Crippen molar-refractivity contribution in [2.45, 2.75) is 38.8 Å². The molecule has 1 aromatic carbocycles. The van der Waals surface area contributed by atoms with Crippen molar-refractivity contribution in [1.82, 2.24) is 10.2 Å². The van der Waals surface area contributed by atoms with Gasteiger partial charge in [-0.15, -0.1) is 0 Å². The van der Waals surface area contributed by atoms with Crippen LogP contribution in [0.2, 0.25) is 0 Å². The smallest absolute Gasteiger partial charge is 0.407 e. The molecule has 1 aliphatic heterocycles. The summed E-state index contributed by atoms with van der Waals surface area (Å²) in [6, 6.07) is 7.49. The van der Waals surface area contributed by atoms with E-state index in [9.17, 15) is 9.59 Å². The van der Waals surface area contributed by atoms with Gasteiger partial charge in [0.2, 0.25) is 0 Å². The minimum absolute atomic E-state index is 0.00723. The second-order valence-electron chi connectivity index (χ2n) is 7.33. The van der Waals surface area contributed by atoms with Gasteiger partial charge in [-0.25, -0.2) is 4.79 Å². The molecule has 2 rings (SSSR count). The number of hydrogen-bond acceptors (Lipinski definition) is 4. The number of benzene rings is 1. The van der Waals surface area contributed by atoms with E-state index in [4.69, 9.17) is 4.74 Å². The van der Waals surface area contributed by atoms with E-state index in [1.54, 1.807) is 4.90 Å². The molecule has 6 heteroatoms. The summed E-state index contributed by atoms with van der Waals surface area (Å²) in [6.07, 6.45) is 0.301. The fraction of sp³-hybridized carbons (Fsp3) is 0.556. The molecule has 2 amide bonds. The molecule has 0 radical (unpaired) electrons. The maximum Gasteiger partial charge on any atom is 0.407 e. The van der Waals surface area contributed by atoms with Crippen LogP contribution in [0.3, 0.4) is 0 Å². The molecule has 1 N–H and O–H groups in total. The highest BCUT2D eigenvalue weighted by Gasteiger charge is 2.29. The average Bonchev–Trinajstić information content (AvgIpc) is 2.92. The molecule has 0 unspecified atom stereocenters. The van der Waals surface area contributed by atoms with Crippen LogP contribution in [0, 0.1) is 0 Å². The van der Waals surface area contributed by atoms with Crippen molar-refractivity contribution in [2.24, 2.45) is 0 Å². The number of rotatable bonds is 3. The van der Waals surface area contributed by atoms with Crippen LogP contribution in [0.25, 0.3) is 0 Å². The largest absolute Gasteiger partial charge is 0.444 e. The zero-order valence-corrected chi connectivity index (χ0v) is 15.1. The number of nitrogens with one attached hydrogen (secondary N) is 1. The molecule has 6 nitrogen and oxygen atoms in total. The van der Waals surface area contributed by atoms with E-state index in [1.165, 1.54) is 0 Å². The van der Waals surface area contributed by atoms with Crippen LogP contribution in [0.4, 0.5) is 10.5 Å². The monoisotopic (exact) mass is 333 g/mol. The standard InChI is InChI=1S/C18H27N3O3/c1-18(2,3)24-17(23)19-14-9-10-21(12-14)16(22)13-7-6-8-15(11-13)20(4)5/h6-8,11,14H,9-10,12H2,1-5H3,(H,19,23)/t14-/m0/s1. The third-order valence-corrected chi connectivity index (χ3v) is 3.81. The minimum atomic E-state index is -0.523. The summed E-state index contributed by atoms with van der Waals surface area (Å²) in [5.74, 6) is -0.00723. The first-order chi connectivity index (χ1) is 11.2. The molecule has 1 saturated heterocycles. The van der Waals surface area contributed by atoms with Crippen LogP contribution in [-0.2, 0) is 4.74 Å². The van der Waals surface area contributed by atoms with Gasteiger partial charge in [-0.3, -0.25) is 4.79 Å². The molecule has 1 atom stereocenters. The lowest BCUT2D eigenvalue weighted by Gasteiger charge is -2.22. The topological polar surface area (TPSA) is 61.9 Å². The number of likely N-dealkylation sites (tertiary alicyclic amines) is 1. The molecule has 0 aromatic heterocycles. The molecule has 1 aliphatic rings. The SMILES string of the molecule is CN(C)c1cccc(C(=O)N2CC[C@H](NC(=O)OC(C)(C)C)C2)c1. The van der Waals surface area contributed by atoms with Crippen LogP contribution in [0.15, 0.2) is 24.3 Å². The van der Waals surface area contributed by atoms with Crippen molar-refractivity contribution in [3.8, 4) is 0 Å². The van der Waals surface area contributed by atoms with Gasteiger partial charge in [-0.05, 0) is 45.4 Å². The number of carbonyl (C=O) groups is 2. The van der Waals surface area contributed by atoms with E-state index in [1.807, 2.05) is 64.0 Å². The Labute approximate surface area is 143 Å². The normalized spacial score (nSPS) is 17.5. The molecule has 1 aromatic rings. The second kappa shape index (κ2) is 7.11. The lowest BCUT2D eigenvalue weighted by atomic mass is 10.1. The molecule has 0 bridgehead atoms. The molecular weight excluding hydrogens is 306 g/mol. The first-order valence-electron chi connectivity index (χ1n) is 8.22. The highest BCUT2D eigenvalue weighted by atomic mass is 16.6. The Morgan fingerprint density at radius 3 is 2.62 bits per heavy atom. The van der Waals surface area contributed by atoms with Crippen LogP contribution in [0.5, 0.6) is 0 Å². The minimum Gasteiger partial charge on any atom is -0.444 e. The van der Waals surface area contributed by atoms with E-state index in [2.05, 4.69) is 5.32 Å². The average molecular weight is 333 g/mol. The molecular formula is C18H27N3O3. The first kappa shape index (κ1) is 18.1. The molecule has 24 heavy (non-hydrogen) atoms. The van der Waals surface area contributed by atoms with Crippen LogP contribution >= 0.6 is 0 Å². The van der Waals surface area contributed by atoms with Gasteiger partial charge < -0.3 is 19.9 Å². The van der Waals surface area contributed by atoms with Gasteiger partial charge in [0, 0.05) is 38.4 Å². The summed E-state index contributed by atoms with van der Waals surface area (Å²) in [6.45, 7) is 6.62. The number of nitrogens with zero attached hydrogens (tertiary/aromatic N) is 2. The summed E-state index contributed by atoms with van der Waals surface area (Å²) in [5.41, 5.74) is 1.13. The summed E-state index contributed by atoms with van der Waals surface area (Å²) >= 11 is 0. The van der Waals surface area contributed by atoms with Crippen LogP contribution < -0.4 is 10.2 Å². The number of hydrogen-bond donors (Lipinski definition) is 1. The van der Waals surface area contributed by atoms with Gasteiger partial charge >= 0.3 is 6.09 Å². The van der Waals surface area contributed by atoms with E-state index >= 15 is 0 Å². The third-order valence-electron chi connectivity index (χ3n) is 3.81. The Bertz CT molecular complexity index is 608. The predicted octanol–water partition coefficient (Wildman–Crippen LogP) is 2.49. The number of carbonyl (C=O) groups excluding carboxylic acids is 2. The Morgan fingerprint density at radius 2 is 2.00 bits per heavy atom. The number of alkyl carbamates (subject to hydrolysis) is 1. The summed E-state index contributed by atoms with van der Waals surface area (Å²) in [7, 11) is 3.89. The molecule has 132 valence electrons. The fourth-order valence-corrected chi connectivity index (χ4v) is 2.64. The third kappa shape index (κ3) is 4.88.